The lowest BCUT2D eigenvalue weighted by Gasteiger charge is -2.18. The lowest BCUT2D eigenvalue weighted by atomic mass is 9.74. The molecule has 0 fully saturated rings. The Balaban J connectivity index is 1.62. The number of carbonyl (C=O) groups is 1. The van der Waals surface area contributed by atoms with Crippen molar-refractivity contribution in [2.45, 2.75) is 18.9 Å². The first-order chi connectivity index (χ1) is 12.7. The van der Waals surface area contributed by atoms with Crippen molar-refractivity contribution in [1.29, 1.82) is 0 Å². The molecule has 2 heterocycles. The summed E-state index contributed by atoms with van der Waals surface area (Å²) in [6.07, 6.45) is 3.90. The standard InChI is InChI=1S/C20H20BN3O2/c22-10-17(16-2-1-3-19-18(16)12-24-21(19)26)20(25)9-13-4-5-15-11-23-7-6-14(15)8-13/h1-8,11,17,24,26H,9-10,12,22H2. The Morgan fingerprint density at radius 2 is 2.15 bits per heavy atom. The molecular formula is C20H20BN3O2. The van der Waals surface area contributed by atoms with Gasteiger partial charge in [-0.1, -0.05) is 36.4 Å². The summed E-state index contributed by atoms with van der Waals surface area (Å²) in [5.74, 6) is -0.277. The van der Waals surface area contributed by atoms with Crippen LogP contribution in [0, 0.1) is 0 Å². The Morgan fingerprint density at radius 1 is 1.27 bits per heavy atom. The lowest BCUT2D eigenvalue weighted by molar-refractivity contribution is -0.119. The number of carbonyl (C=O) groups excluding carboxylic acids is 1. The first kappa shape index (κ1) is 16.9. The number of benzene rings is 2. The van der Waals surface area contributed by atoms with Gasteiger partial charge in [0.2, 0.25) is 0 Å². The molecule has 1 aromatic heterocycles. The Hall–Kier alpha value is -2.54. The van der Waals surface area contributed by atoms with E-state index in [1.807, 2.05) is 48.7 Å². The van der Waals surface area contributed by atoms with Crippen molar-refractivity contribution in [3.8, 4) is 0 Å². The summed E-state index contributed by atoms with van der Waals surface area (Å²) < 4.78 is 0. The third-order valence-electron chi connectivity index (χ3n) is 5.10. The van der Waals surface area contributed by atoms with Gasteiger partial charge in [-0.05, 0) is 33.6 Å². The van der Waals surface area contributed by atoms with Crippen molar-refractivity contribution in [2.24, 2.45) is 5.73 Å². The molecule has 0 saturated heterocycles. The van der Waals surface area contributed by atoms with Crippen LogP contribution in [0.25, 0.3) is 10.8 Å². The van der Waals surface area contributed by atoms with Crippen molar-refractivity contribution >= 4 is 29.1 Å². The summed E-state index contributed by atoms with van der Waals surface area (Å²) in [6.45, 7) is 0.808. The molecule has 4 N–H and O–H groups in total. The highest BCUT2D eigenvalue weighted by atomic mass is 16.2. The average Bonchev–Trinajstić information content (AvgIpc) is 3.04. The minimum Gasteiger partial charge on any atom is -0.433 e. The molecule has 1 unspecified atom stereocenters. The van der Waals surface area contributed by atoms with Crippen molar-refractivity contribution < 1.29 is 9.82 Å². The Kier molecular flexibility index (Phi) is 4.55. The highest BCUT2D eigenvalue weighted by Gasteiger charge is 2.30. The van der Waals surface area contributed by atoms with Gasteiger partial charge in [-0.3, -0.25) is 9.78 Å². The number of Topliss-reactive ketones (excluding diaryl/α,β-unsaturated/α-hetero) is 1. The van der Waals surface area contributed by atoms with Gasteiger partial charge >= 0.3 is 7.05 Å². The second-order valence-electron chi connectivity index (χ2n) is 6.69. The first-order valence-corrected chi connectivity index (χ1v) is 8.76. The Bertz CT molecular complexity index is 976. The van der Waals surface area contributed by atoms with Crippen LogP contribution in [-0.2, 0) is 17.8 Å². The van der Waals surface area contributed by atoms with Gasteiger partial charge in [-0.2, -0.15) is 0 Å². The minimum atomic E-state index is -0.674. The fraction of sp³-hybridized carbons (Fsp3) is 0.200. The zero-order valence-corrected chi connectivity index (χ0v) is 14.4. The summed E-state index contributed by atoms with van der Waals surface area (Å²) in [4.78, 5) is 17.1. The molecule has 1 aliphatic rings. The first-order valence-electron chi connectivity index (χ1n) is 8.76. The molecule has 3 aromatic rings. The summed E-state index contributed by atoms with van der Waals surface area (Å²) >= 11 is 0. The smallest absolute Gasteiger partial charge is 0.413 e. The van der Waals surface area contributed by atoms with Crippen LogP contribution < -0.4 is 16.4 Å². The van der Waals surface area contributed by atoms with Gasteiger partial charge in [0, 0.05) is 37.3 Å². The number of pyridine rings is 1. The largest absolute Gasteiger partial charge is 0.433 e. The van der Waals surface area contributed by atoms with E-state index in [1.54, 1.807) is 6.20 Å². The average molecular weight is 345 g/mol. The highest BCUT2D eigenvalue weighted by molar-refractivity contribution is 6.65. The van der Waals surface area contributed by atoms with Crippen molar-refractivity contribution in [1.82, 2.24) is 10.2 Å². The van der Waals surface area contributed by atoms with Crippen molar-refractivity contribution in [2.75, 3.05) is 6.54 Å². The normalized spacial score (nSPS) is 14.5. The van der Waals surface area contributed by atoms with Crippen LogP contribution >= 0.6 is 0 Å². The van der Waals surface area contributed by atoms with E-state index in [4.69, 9.17) is 5.73 Å². The second kappa shape index (κ2) is 7.00. The van der Waals surface area contributed by atoms with Gasteiger partial charge in [0.25, 0.3) is 0 Å². The maximum absolute atomic E-state index is 13.0. The number of ketones is 1. The summed E-state index contributed by atoms with van der Waals surface area (Å²) in [5.41, 5.74) is 9.69. The predicted octanol–water partition coefficient (Wildman–Crippen LogP) is 0.880. The van der Waals surface area contributed by atoms with Crippen molar-refractivity contribution in [3.05, 3.63) is 71.5 Å². The molecule has 0 bridgehead atoms. The third-order valence-corrected chi connectivity index (χ3v) is 5.10. The monoisotopic (exact) mass is 345 g/mol. The van der Waals surface area contributed by atoms with E-state index < -0.39 is 7.05 Å². The quantitative estimate of drug-likeness (QED) is 0.598. The molecule has 1 aliphatic heterocycles. The van der Waals surface area contributed by atoms with Crippen LogP contribution in [0.15, 0.2) is 54.9 Å². The van der Waals surface area contributed by atoms with Crippen LogP contribution in [0.3, 0.4) is 0 Å². The minimum absolute atomic E-state index is 0.0932. The predicted molar refractivity (Wildman–Crippen MR) is 103 cm³/mol. The maximum atomic E-state index is 13.0. The number of nitrogens with two attached hydrogens (primary N) is 1. The van der Waals surface area contributed by atoms with Gasteiger partial charge in [0.15, 0.2) is 0 Å². The van der Waals surface area contributed by atoms with Crippen LogP contribution in [-0.4, -0.2) is 29.4 Å². The number of rotatable bonds is 5. The van der Waals surface area contributed by atoms with E-state index in [0.717, 1.165) is 32.9 Å². The van der Waals surface area contributed by atoms with Gasteiger partial charge < -0.3 is 16.0 Å². The molecule has 0 aliphatic carbocycles. The number of nitrogens with zero attached hydrogens (tertiary/aromatic N) is 1. The van der Waals surface area contributed by atoms with E-state index >= 15 is 0 Å². The number of hydrogen-bond acceptors (Lipinski definition) is 5. The summed E-state index contributed by atoms with van der Waals surface area (Å²) in [5, 5.41) is 15.1. The Morgan fingerprint density at radius 3 is 3.00 bits per heavy atom. The molecule has 130 valence electrons. The van der Waals surface area contributed by atoms with E-state index in [2.05, 4.69) is 10.2 Å². The molecular weight excluding hydrogens is 325 g/mol. The zero-order chi connectivity index (χ0) is 18.1. The van der Waals surface area contributed by atoms with E-state index in [9.17, 15) is 9.82 Å². The molecule has 6 heteroatoms. The van der Waals surface area contributed by atoms with Gasteiger partial charge in [-0.15, -0.1) is 0 Å². The fourth-order valence-corrected chi connectivity index (χ4v) is 3.72. The zero-order valence-electron chi connectivity index (χ0n) is 14.4. The van der Waals surface area contributed by atoms with Crippen LogP contribution in [0.5, 0.6) is 0 Å². The van der Waals surface area contributed by atoms with E-state index in [0.29, 0.717) is 13.0 Å². The van der Waals surface area contributed by atoms with Gasteiger partial charge in [0.05, 0.1) is 5.92 Å². The molecule has 2 aromatic carbocycles. The number of fused-ring (bicyclic) bond motifs is 2. The lowest BCUT2D eigenvalue weighted by Crippen LogP contribution is -2.37. The molecule has 4 rings (SSSR count). The molecule has 26 heavy (non-hydrogen) atoms. The summed E-state index contributed by atoms with van der Waals surface area (Å²) in [7, 11) is -0.674. The van der Waals surface area contributed by atoms with Gasteiger partial charge in [-0.25, -0.2) is 0 Å². The summed E-state index contributed by atoms with van der Waals surface area (Å²) in [6, 6.07) is 13.6. The van der Waals surface area contributed by atoms with Crippen LogP contribution in [0.2, 0.25) is 0 Å². The third kappa shape index (κ3) is 3.03. The molecule has 5 nitrogen and oxygen atoms in total. The maximum Gasteiger partial charge on any atom is 0.413 e. The SMILES string of the molecule is NCC(C(=O)Cc1ccc2cnccc2c1)c1cccc2c1CNB2O. The molecule has 0 spiro atoms. The fourth-order valence-electron chi connectivity index (χ4n) is 3.72. The number of aromatic nitrogens is 1. The van der Waals surface area contributed by atoms with E-state index in [-0.39, 0.29) is 18.2 Å². The van der Waals surface area contributed by atoms with Crippen molar-refractivity contribution in [3.63, 3.8) is 0 Å². The van der Waals surface area contributed by atoms with E-state index in [1.165, 1.54) is 0 Å². The number of hydrogen-bond donors (Lipinski definition) is 3. The number of nitrogens with one attached hydrogen (secondary N) is 1. The molecule has 0 radical (unpaired) electrons. The van der Waals surface area contributed by atoms with Gasteiger partial charge in [0.1, 0.15) is 5.78 Å². The molecule has 1 atom stereocenters. The molecule has 0 amide bonds. The topological polar surface area (TPSA) is 88.2 Å². The van der Waals surface area contributed by atoms with Crippen LogP contribution in [0.4, 0.5) is 0 Å². The second-order valence-corrected chi connectivity index (χ2v) is 6.69. The Labute approximate surface area is 152 Å². The highest BCUT2D eigenvalue weighted by Crippen LogP contribution is 2.24. The van der Waals surface area contributed by atoms with Crippen LogP contribution in [0.1, 0.15) is 22.6 Å². The molecule has 0 saturated carbocycles.